The van der Waals surface area contributed by atoms with Crippen molar-refractivity contribution < 1.29 is 22.7 Å². The fraction of sp³-hybridized carbons (Fsp3) is 0.609. The zero-order chi connectivity index (χ0) is 24.4. The number of rotatable bonds is 6. The minimum absolute atomic E-state index is 0.112. The number of hydrogen-bond acceptors (Lipinski definition) is 7. The first kappa shape index (κ1) is 25.2. The van der Waals surface area contributed by atoms with Crippen molar-refractivity contribution in [3.63, 3.8) is 0 Å². The summed E-state index contributed by atoms with van der Waals surface area (Å²) in [6.07, 6.45) is 1.40. The van der Waals surface area contributed by atoms with Gasteiger partial charge >= 0.3 is 5.97 Å². The molecule has 2 heterocycles. The molecular formula is C23H34N4O5S. The quantitative estimate of drug-likeness (QED) is 0.573. The van der Waals surface area contributed by atoms with Crippen LogP contribution in [0.1, 0.15) is 39.2 Å². The van der Waals surface area contributed by atoms with Gasteiger partial charge in [0.25, 0.3) is 10.0 Å². The van der Waals surface area contributed by atoms with E-state index < -0.39 is 21.6 Å². The third kappa shape index (κ3) is 6.32. The van der Waals surface area contributed by atoms with Gasteiger partial charge in [0, 0.05) is 31.7 Å². The molecule has 1 aromatic rings. The van der Waals surface area contributed by atoms with E-state index in [4.69, 9.17) is 4.74 Å². The van der Waals surface area contributed by atoms with Gasteiger partial charge in [-0.15, -0.1) is 4.40 Å². The first-order valence-corrected chi connectivity index (χ1v) is 12.7. The Bertz CT molecular complexity index is 1030. The lowest BCUT2D eigenvalue weighted by Gasteiger charge is -2.36. The molecule has 33 heavy (non-hydrogen) atoms. The van der Waals surface area contributed by atoms with Crippen LogP contribution < -0.4 is 0 Å². The van der Waals surface area contributed by atoms with Gasteiger partial charge in [0.1, 0.15) is 17.0 Å². The average Bonchev–Trinajstić information content (AvgIpc) is 3.00. The average molecular weight is 479 g/mol. The predicted octanol–water partition coefficient (Wildman–Crippen LogP) is 1.58. The molecule has 1 saturated heterocycles. The van der Waals surface area contributed by atoms with Gasteiger partial charge < -0.3 is 19.4 Å². The molecule has 1 aromatic carbocycles. The molecule has 1 fully saturated rings. The van der Waals surface area contributed by atoms with Crippen molar-refractivity contribution in [2.75, 3.05) is 46.8 Å². The lowest BCUT2D eigenvalue weighted by Crippen LogP contribution is -2.49. The van der Waals surface area contributed by atoms with Crippen molar-refractivity contribution in [1.82, 2.24) is 14.7 Å². The standard InChI is InChI=1S/C23H34N4O5S/c1-23(2,3)32-20(28)16-27(14-13-25(4)5)22(29)17-9-8-12-26(15-17)21-18-10-6-7-11-19(18)33(30,31)24-21/h6-7,10-11,17H,8-9,12-16H2,1-5H3. The molecule has 0 N–H and O–H groups in total. The molecule has 0 bridgehead atoms. The van der Waals surface area contributed by atoms with Crippen molar-refractivity contribution in [3.8, 4) is 0 Å². The number of piperidine rings is 1. The Hall–Kier alpha value is -2.46. The molecule has 1 unspecified atom stereocenters. The van der Waals surface area contributed by atoms with Crippen molar-refractivity contribution in [1.29, 1.82) is 0 Å². The Morgan fingerprint density at radius 3 is 2.55 bits per heavy atom. The highest BCUT2D eigenvalue weighted by atomic mass is 32.2. The summed E-state index contributed by atoms with van der Waals surface area (Å²) in [6.45, 7) is 7.27. The van der Waals surface area contributed by atoms with Crippen LogP contribution >= 0.6 is 0 Å². The Kier molecular flexibility index (Phi) is 7.48. The highest BCUT2D eigenvalue weighted by molar-refractivity contribution is 7.90. The maximum Gasteiger partial charge on any atom is 0.326 e. The van der Waals surface area contributed by atoms with Crippen molar-refractivity contribution in [3.05, 3.63) is 29.8 Å². The highest BCUT2D eigenvalue weighted by Gasteiger charge is 2.36. The number of esters is 1. The van der Waals surface area contributed by atoms with Crippen LogP contribution in [0, 0.1) is 5.92 Å². The van der Waals surface area contributed by atoms with E-state index in [-0.39, 0.29) is 23.3 Å². The number of nitrogens with zero attached hydrogens (tertiary/aromatic N) is 4. The number of carbonyl (C=O) groups excluding carboxylic acids is 2. The summed E-state index contributed by atoms with van der Waals surface area (Å²) in [6, 6.07) is 6.76. The van der Waals surface area contributed by atoms with E-state index in [1.54, 1.807) is 49.9 Å². The van der Waals surface area contributed by atoms with Gasteiger partial charge in [-0.2, -0.15) is 8.42 Å². The topological polar surface area (TPSA) is 99.6 Å². The van der Waals surface area contributed by atoms with Gasteiger partial charge in [-0.3, -0.25) is 9.59 Å². The first-order chi connectivity index (χ1) is 15.4. The number of ether oxygens (including phenoxy) is 1. The first-order valence-electron chi connectivity index (χ1n) is 11.2. The van der Waals surface area contributed by atoms with Crippen molar-refractivity contribution in [2.24, 2.45) is 10.3 Å². The van der Waals surface area contributed by atoms with Crippen LogP contribution in [0.3, 0.4) is 0 Å². The fourth-order valence-electron chi connectivity index (χ4n) is 4.06. The summed E-state index contributed by atoms with van der Waals surface area (Å²) in [4.78, 5) is 31.5. The number of likely N-dealkylation sites (tertiary alicyclic amines) is 1. The lowest BCUT2D eigenvalue weighted by atomic mass is 9.95. The number of carbonyl (C=O) groups is 2. The summed E-state index contributed by atoms with van der Waals surface area (Å²) in [5.74, 6) is -0.527. The molecule has 9 nitrogen and oxygen atoms in total. The van der Waals surface area contributed by atoms with E-state index in [1.165, 1.54) is 0 Å². The number of amidine groups is 1. The van der Waals surface area contributed by atoms with Crippen molar-refractivity contribution >= 4 is 27.7 Å². The molecule has 0 saturated carbocycles. The molecule has 1 amide bonds. The maximum absolute atomic E-state index is 13.5. The Morgan fingerprint density at radius 1 is 1.18 bits per heavy atom. The van der Waals surface area contributed by atoms with E-state index in [0.717, 1.165) is 6.42 Å². The van der Waals surface area contributed by atoms with Crippen molar-refractivity contribution in [2.45, 2.75) is 44.1 Å². The molecule has 0 radical (unpaired) electrons. The van der Waals surface area contributed by atoms with E-state index in [1.807, 2.05) is 23.9 Å². The maximum atomic E-state index is 13.5. The number of likely N-dealkylation sites (N-methyl/N-ethyl adjacent to an activating group) is 1. The van der Waals surface area contributed by atoms with Crippen LogP contribution in [-0.2, 0) is 24.3 Å². The number of hydrogen-bond donors (Lipinski definition) is 0. The zero-order valence-corrected chi connectivity index (χ0v) is 20.9. The minimum atomic E-state index is -3.73. The van der Waals surface area contributed by atoms with Crippen LogP contribution in [-0.4, -0.2) is 93.2 Å². The second-order valence-corrected chi connectivity index (χ2v) is 11.4. The molecule has 2 aliphatic rings. The van der Waals surface area contributed by atoms with Crippen LogP contribution in [0.4, 0.5) is 0 Å². The molecule has 10 heteroatoms. The van der Waals surface area contributed by atoms with Gasteiger partial charge in [-0.05, 0) is 59.8 Å². The summed E-state index contributed by atoms with van der Waals surface area (Å²) in [5.41, 5.74) is -0.0575. The van der Waals surface area contributed by atoms with Crippen LogP contribution in [0.5, 0.6) is 0 Å². The summed E-state index contributed by atoms with van der Waals surface area (Å²) in [5, 5.41) is 0. The molecule has 0 spiro atoms. The number of benzene rings is 1. The Morgan fingerprint density at radius 2 is 1.88 bits per heavy atom. The zero-order valence-electron chi connectivity index (χ0n) is 20.1. The van der Waals surface area contributed by atoms with Gasteiger partial charge in [-0.25, -0.2) is 0 Å². The molecule has 0 aromatic heterocycles. The summed E-state index contributed by atoms with van der Waals surface area (Å²) in [7, 11) is 0.0972. The van der Waals surface area contributed by atoms with E-state index in [0.29, 0.717) is 44.0 Å². The fourth-order valence-corrected chi connectivity index (χ4v) is 5.29. The minimum Gasteiger partial charge on any atom is -0.459 e. The Balaban J connectivity index is 1.76. The third-order valence-electron chi connectivity index (χ3n) is 5.55. The van der Waals surface area contributed by atoms with Gasteiger partial charge in [-0.1, -0.05) is 12.1 Å². The normalized spacial score (nSPS) is 19.8. The van der Waals surface area contributed by atoms with Crippen LogP contribution in [0.15, 0.2) is 33.6 Å². The molecular weight excluding hydrogens is 444 g/mol. The molecule has 0 aliphatic carbocycles. The molecule has 1 atom stereocenters. The lowest BCUT2D eigenvalue weighted by molar-refractivity contribution is -0.160. The second kappa shape index (κ2) is 9.80. The number of sulfonamides is 1. The van der Waals surface area contributed by atoms with Gasteiger partial charge in [0.05, 0.1) is 5.92 Å². The third-order valence-corrected chi connectivity index (χ3v) is 6.88. The Labute approximate surface area is 196 Å². The SMILES string of the molecule is CN(C)CCN(CC(=O)OC(C)(C)C)C(=O)C1CCCN(C2=NS(=O)(=O)c3ccccc32)C1. The smallest absolute Gasteiger partial charge is 0.326 e. The molecule has 2 aliphatic heterocycles. The van der Waals surface area contributed by atoms with Gasteiger partial charge in [0.15, 0.2) is 5.84 Å². The summed E-state index contributed by atoms with van der Waals surface area (Å²) < 4.78 is 34.4. The molecule has 182 valence electrons. The number of amides is 1. The van der Waals surface area contributed by atoms with E-state index in [9.17, 15) is 18.0 Å². The van der Waals surface area contributed by atoms with Gasteiger partial charge in [0.2, 0.25) is 5.91 Å². The van der Waals surface area contributed by atoms with E-state index in [2.05, 4.69) is 4.40 Å². The van der Waals surface area contributed by atoms with Crippen LogP contribution in [0.2, 0.25) is 0 Å². The monoisotopic (exact) mass is 478 g/mol. The number of fused-ring (bicyclic) bond motifs is 1. The predicted molar refractivity (Wildman–Crippen MR) is 125 cm³/mol. The second-order valence-electron chi connectivity index (χ2n) is 9.82. The highest BCUT2D eigenvalue weighted by Crippen LogP contribution is 2.30. The van der Waals surface area contributed by atoms with Crippen LogP contribution in [0.25, 0.3) is 0 Å². The van der Waals surface area contributed by atoms with E-state index >= 15 is 0 Å². The molecule has 3 rings (SSSR count). The largest absolute Gasteiger partial charge is 0.459 e. The summed E-state index contributed by atoms with van der Waals surface area (Å²) >= 11 is 0.